The molecule has 0 fully saturated rings. The van der Waals surface area contributed by atoms with Gasteiger partial charge in [0.15, 0.2) is 0 Å². The maximum absolute atomic E-state index is 2.44. The first-order valence-corrected chi connectivity index (χ1v) is 17.4. The van der Waals surface area contributed by atoms with Crippen molar-refractivity contribution in [1.29, 1.82) is 0 Å². The van der Waals surface area contributed by atoms with Gasteiger partial charge < -0.3 is 0 Å². The Morgan fingerprint density at radius 1 is 0.413 bits per heavy atom. The van der Waals surface area contributed by atoms with Crippen molar-refractivity contribution in [3.8, 4) is 22.3 Å². The summed E-state index contributed by atoms with van der Waals surface area (Å²) >= 11 is 0.263. The van der Waals surface area contributed by atoms with Crippen molar-refractivity contribution < 1.29 is 0 Å². The number of hydrogen-bond donors (Lipinski definition) is 0. The van der Waals surface area contributed by atoms with Gasteiger partial charge in [-0.15, -0.1) is 0 Å². The molecule has 0 unspecified atom stereocenters. The predicted molar refractivity (Wildman–Crippen MR) is 199 cm³/mol. The summed E-state index contributed by atoms with van der Waals surface area (Å²) in [5.41, 5.74) is 8.27. The molecule has 0 spiro atoms. The van der Waals surface area contributed by atoms with Gasteiger partial charge in [-0.05, 0) is 0 Å². The maximum atomic E-state index is 2.44. The number of rotatable bonds is 5. The number of anilines is 3. The molecule has 1 heterocycles. The summed E-state index contributed by atoms with van der Waals surface area (Å²) in [6, 6.07) is 64.2. The average Bonchev–Trinajstić information content (AvgIpc) is 3.51. The molecule has 216 valence electrons. The second kappa shape index (κ2) is 11.2. The van der Waals surface area contributed by atoms with E-state index in [0.29, 0.717) is 0 Å². The zero-order valence-electron chi connectivity index (χ0n) is 25.1. The summed E-state index contributed by atoms with van der Waals surface area (Å²) < 4.78 is 2.97. The second-order valence-corrected chi connectivity index (χ2v) is 13.9. The Balaban J connectivity index is 1.35. The monoisotopic (exact) mass is 651 g/mol. The van der Waals surface area contributed by atoms with Crippen molar-refractivity contribution in [1.82, 2.24) is 0 Å². The molecule has 0 saturated heterocycles. The Hall–Kier alpha value is -5.40. The number of benzene rings is 8. The SMILES string of the molecule is c1ccc(-c2cccc(N(c3ccccc3)c3ccc4ccc5ccc6c7ccccc7[se]c6c5c4c3)c2-c2ccccc2)cc1. The summed E-state index contributed by atoms with van der Waals surface area (Å²) in [4.78, 5) is 2.44. The normalized spacial score (nSPS) is 11.5. The van der Waals surface area contributed by atoms with Crippen LogP contribution in [-0.2, 0) is 0 Å². The van der Waals surface area contributed by atoms with Crippen LogP contribution in [0.5, 0.6) is 0 Å². The Morgan fingerprint density at radius 3 is 1.87 bits per heavy atom. The van der Waals surface area contributed by atoms with E-state index in [1.54, 1.807) is 0 Å². The van der Waals surface area contributed by atoms with E-state index in [-0.39, 0.29) is 14.5 Å². The first-order valence-electron chi connectivity index (χ1n) is 15.7. The Bertz CT molecular complexity index is 2510. The first kappa shape index (κ1) is 27.0. The third-order valence-electron chi connectivity index (χ3n) is 9.03. The molecule has 9 aromatic rings. The standard InChI is InChI=1S/C44H29NSe/c1-4-13-30(14-5-1)36-20-12-21-40(42(36)32-15-6-2-7-16-32)45(34-17-8-3-9-18-34)35-27-25-31-23-24-33-26-28-38-37-19-10-11-22-41(37)46-44(38)43(33)39(31)29-35/h1-29H. The van der Waals surface area contributed by atoms with Gasteiger partial charge in [-0.3, -0.25) is 0 Å². The van der Waals surface area contributed by atoms with Crippen LogP contribution in [0.25, 0.3) is 63.1 Å². The van der Waals surface area contributed by atoms with Gasteiger partial charge in [0.05, 0.1) is 0 Å². The molecule has 0 amide bonds. The van der Waals surface area contributed by atoms with Crippen LogP contribution in [0.3, 0.4) is 0 Å². The fourth-order valence-electron chi connectivity index (χ4n) is 6.94. The average molecular weight is 651 g/mol. The zero-order valence-corrected chi connectivity index (χ0v) is 26.8. The third kappa shape index (κ3) is 4.46. The van der Waals surface area contributed by atoms with E-state index in [1.807, 2.05) is 0 Å². The Morgan fingerprint density at radius 2 is 1.07 bits per heavy atom. The molecule has 0 radical (unpaired) electrons. The summed E-state index contributed by atoms with van der Waals surface area (Å²) in [6.07, 6.45) is 0. The van der Waals surface area contributed by atoms with Gasteiger partial charge in [-0.1, -0.05) is 6.07 Å². The van der Waals surface area contributed by atoms with E-state index >= 15 is 0 Å². The molecule has 0 saturated carbocycles. The molecule has 1 nitrogen and oxygen atoms in total. The van der Waals surface area contributed by atoms with Crippen molar-refractivity contribution in [2.24, 2.45) is 0 Å². The van der Waals surface area contributed by atoms with Gasteiger partial charge in [-0.2, -0.15) is 0 Å². The van der Waals surface area contributed by atoms with Gasteiger partial charge in [0.25, 0.3) is 0 Å². The molecule has 0 bridgehead atoms. The summed E-state index contributed by atoms with van der Waals surface area (Å²) in [5.74, 6) is 0. The molecule has 9 rings (SSSR count). The van der Waals surface area contributed by atoms with Crippen molar-refractivity contribution in [3.63, 3.8) is 0 Å². The first-order chi connectivity index (χ1) is 22.8. The summed E-state index contributed by atoms with van der Waals surface area (Å²) in [5, 5.41) is 8.06. The van der Waals surface area contributed by atoms with Crippen LogP contribution in [0.4, 0.5) is 17.1 Å². The van der Waals surface area contributed by atoms with Gasteiger partial charge >= 0.3 is 269 Å². The van der Waals surface area contributed by atoms with Gasteiger partial charge in [0.1, 0.15) is 0 Å². The predicted octanol–water partition coefficient (Wildman–Crippen LogP) is 12.2. The molecule has 0 aliphatic rings. The van der Waals surface area contributed by atoms with Crippen LogP contribution in [0.1, 0.15) is 0 Å². The zero-order chi connectivity index (χ0) is 30.5. The minimum absolute atomic E-state index is 0.263. The molecule has 2 heteroatoms. The van der Waals surface area contributed by atoms with Crippen molar-refractivity contribution in [3.05, 3.63) is 176 Å². The molecule has 1 aromatic heterocycles. The Kier molecular flexibility index (Phi) is 6.56. The van der Waals surface area contributed by atoms with Crippen LogP contribution in [0.2, 0.25) is 0 Å². The van der Waals surface area contributed by atoms with E-state index in [0.717, 1.165) is 17.1 Å². The molecule has 0 aliphatic carbocycles. The van der Waals surface area contributed by atoms with E-state index in [9.17, 15) is 0 Å². The van der Waals surface area contributed by atoms with Crippen LogP contribution in [0, 0.1) is 0 Å². The van der Waals surface area contributed by atoms with Crippen LogP contribution >= 0.6 is 0 Å². The minimum atomic E-state index is 0.263. The molecule has 0 aliphatic heterocycles. The fraction of sp³-hybridized carbons (Fsp3) is 0. The molecule has 8 aromatic carbocycles. The molecule has 0 N–H and O–H groups in total. The van der Waals surface area contributed by atoms with Crippen LogP contribution < -0.4 is 4.90 Å². The van der Waals surface area contributed by atoms with E-state index in [2.05, 4.69) is 181 Å². The molecular weight excluding hydrogens is 621 g/mol. The quantitative estimate of drug-likeness (QED) is 0.132. The topological polar surface area (TPSA) is 3.24 Å². The van der Waals surface area contributed by atoms with Gasteiger partial charge in [-0.25, -0.2) is 0 Å². The summed E-state index contributed by atoms with van der Waals surface area (Å²) in [6.45, 7) is 0. The number of fused-ring (bicyclic) bond motifs is 7. The van der Waals surface area contributed by atoms with Gasteiger partial charge in [0, 0.05) is 0 Å². The molecule has 0 atom stereocenters. The van der Waals surface area contributed by atoms with Gasteiger partial charge in [0.2, 0.25) is 0 Å². The number of hydrogen-bond acceptors (Lipinski definition) is 1. The van der Waals surface area contributed by atoms with Crippen molar-refractivity contribution >= 4 is 72.4 Å². The third-order valence-corrected chi connectivity index (χ3v) is 11.6. The van der Waals surface area contributed by atoms with Crippen molar-refractivity contribution in [2.45, 2.75) is 0 Å². The van der Waals surface area contributed by atoms with Crippen LogP contribution in [-0.4, -0.2) is 14.5 Å². The van der Waals surface area contributed by atoms with Crippen molar-refractivity contribution in [2.75, 3.05) is 4.90 Å². The molecular formula is C44H29NSe. The van der Waals surface area contributed by atoms with E-state index < -0.39 is 0 Å². The van der Waals surface area contributed by atoms with Crippen LogP contribution in [0.15, 0.2) is 176 Å². The molecule has 46 heavy (non-hydrogen) atoms. The number of nitrogens with zero attached hydrogens (tertiary/aromatic N) is 1. The fourth-order valence-corrected chi connectivity index (χ4v) is 9.61. The Labute approximate surface area is 274 Å². The summed E-state index contributed by atoms with van der Waals surface area (Å²) in [7, 11) is 0. The van der Waals surface area contributed by atoms with E-state index in [4.69, 9.17) is 0 Å². The number of para-hydroxylation sites is 1. The van der Waals surface area contributed by atoms with E-state index in [1.165, 1.54) is 63.1 Å². The second-order valence-electron chi connectivity index (χ2n) is 11.7.